The third-order valence-corrected chi connectivity index (χ3v) is 4.13. The average molecular weight is 302 g/mol. The molecule has 0 saturated heterocycles. The molecule has 110 valence electrons. The third kappa shape index (κ3) is 3.75. The van der Waals surface area contributed by atoms with Crippen LogP contribution in [-0.4, -0.2) is 13.2 Å². The first-order valence-corrected chi connectivity index (χ1v) is 7.60. The van der Waals surface area contributed by atoms with Crippen LogP contribution in [0.2, 0.25) is 0 Å². The summed E-state index contributed by atoms with van der Waals surface area (Å²) in [7, 11) is 1.56. The number of ether oxygens (including phenoxy) is 2. The highest BCUT2D eigenvalue weighted by Gasteiger charge is 2.22. The standard InChI is InChI=1S/C16H18N2O2S/c1-3-14(18)16(15-5-4-6-21-15)20-13-8-11(10-17)7-12(9-13)19-2/h4-9,14,16H,3,18H2,1-2H3. The maximum atomic E-state index is 9.07. The maximum absolute atomic E-state index is 9.07. The Morgan fingerprint density at radius 1 is 1.33 bits per heavy atom. The van der Waals surface area contributed by atoms with E-state index in [9.17, 15) is 0 Å². The number of benzene rings is 1. The highest BCUT2D eigenvalue weighted by Crippen LogP contribution is 2.31. The largest absolute Gasteiger partial charge is 0.497 e. The lowest BCUT2D eigenvalue weighted by molar-refractivity contribution is 0.174. The van der Waals surface area contributed by atoms with Crippen molar-refractivity contribution in [3.05, 3.63) is 46.2 Å². The van der Waals surface area contributed by atoms with Gasteiger partial charge < -0.3 is 15.2 Å². The van der Waals surface area contributed by atoms with Crippen molar-refractivity contribution in [2.24, 2.45) is 5.73 Å². The zero-order valence-electron chi connectivity index (χ0n) is 12.1. The first-order valence-electron chi connectivity index (χ1n) is 6.72. The van der Waals surface area contributed by atoms with Crippen LogP contribution in [0.3, 0.4) is 0 Å². The summed E-state index contributed by atoms with van der Waals surface area (Å²) in [5.41, 5.74) is 6.68. The van der Waals surface area contributed by atoms with E-state index in [0.717, 1.165) is 11.3 Å². The molecule has 0 aliphatic rings. The Bertz CT molecular complexity index is 620. The Balaban J connectivity index is 2.30. The molecule has 2 unspecified atom stereocenters. The zero-order chi connectivity index (χ0) is 15.2. The monoisotopic (exact) mass is 302 g/mol. The third-order valence-electron chi connectivity index (χ3n) is 3.19. The summed E-state index contributed by atoms with van der Waals surface area (Å²) in [6.07, 6.45) is 0.575. The van der Waals surface area contributed by atoms with E-state index >= 15 is 0 Å². The predicted octanol–water partition coefficient (Wildman–Crippen LogP) is 3.49. The van der Waals surface area contributed by atoms with Crippen LogP contribution in [0.15, 0.2) is 35.7 Å². The van der Waals surface area contributed by atoms with E-state index in [1.807, 2.05) is 24.4 Å². The molecule has 0 spiro atoms. The number of methoxy groups -OCH3 is 1. The summed E-state index contributed by atoms with van der Waals surface area (Å²) in [4.78, 5) is 1.07. The molecule has 2 N–H and O–H groups in total. The Kier molecular flexibility index (Phi) is 5.20. The van der Waals surface area contributed by atoms with E-state index < -0.39 is 0 Å². The van der Waals surface area contributed by atoms with Gasteiger partial charge in [-0.25, -0.2) is 0 Å². The van der Waals surface area contributed by atoms with Gasteiger partial charge in [0.1, 0.15) is 17.6 Å². The van der Waals surface area contributed by atoms with Gasteiger partial charge in [-0.1, -0.05) is 13.0 Å². The summed E-state index contributed by atoms with van der Waals surface area (Å²) >= 11 is 1.61. The van der Waals surface area contributed by atoms with Gasteiger partial charge in [0.15, 0.2) is 0 Å². The number of nitrogens with zero attached hydrogens (tertiary/aromatic N) is 1. The number of nitriles is 1. The number of hydrogen-bond acceptors (Lipinski definition) is 5. The summed E-state index contributed by atoms with van der Waals surface area (Å²) in [5.74, 6) is 1.19. The highest BCUT2D eigenvalue weighted by atomic mass is 32.1. The quantitative estimate of drug-likeness (QED) is 0.887. The molecule has 0 aliphatic heterocycles. The van der Waals surface area contributed by atoms with Crippen LogP contribution in [0.5, 0.6) is 11.5 Å². The second-order valence-corrected chi connectivity index (χ2v) is 5.61. The molecule has 21 heavy (non-hydrogen) atoms. The molecule has 1 aromatic heterocycles. The Morgan fingerprint density at radius 2 is 2.10 bits per heavy atom. The van der Waals surface area contributed by atoms with Gasteiger partial charge in [-0.15, -0.1) is 11.3 Å². The molecule has 0 bridgehead atoms. The number of nitrogens with two attached hydrogens (primary N) is 1. The normalized spacial score (nSPS) is 13.2. The van der Waals surface area contributed by atoms with Gasteiger partial charge in [0.05, 0.1) is 18.7 Å². The van der Waals surface area contributed by atoms with Crippen molar-refractivity contribution in [1.29, 1.82) is 5.26 Å². The van der Waals surface area contributed by atoms with Gasteiger partial charge in [0, 0.05) is 17.0 Å². The van der Waals surface area contributed by atoms with Crippen LogP contribution >= 0.6 is 11.3 Å². The van der Waals surface area contributed by atoms with Gasteiger partial charge in [0.2, 0.25) is 0 Å². The number of hydrogen-bond donors (Lipinski definition) is 1. The van der Waals surface area contributed by atoms with Crippen molar-refractivity contribution in [3.8, 4) is 17.6 Å². The predicted molar refractivity (Wildman–Crippen MR) is 83.7 cm³/mol. The smallest absolute Gasteiger partial charge is 0.148 e. The van der Waals surface area contributed by atoms with E-state index in [-0.39, 0.29) is 12.1 Å². The summed E-state index contributed by atoms with van der Waals surface area (Å²) < 4.78 is 11.2. The summed E-state index contributed by atoms with van der Waals surface area (Å²) in [6.45, 7) is 2.03. The first kappa shape index (κ1) is 15.4. The van der Waals surface area contributed by atoms with Crippen LogP contribution in [0.25, 0.3) is 0 Å². The van der Waals surface area contributed by atoms with Crippen LogP contribution in [0.4, 0.5) is 0 Å². The molecule has 2 aromatic rings. The second kappa shape index (κ2) is 7.11. The molecule has 0 radical (unpaired) electrons. The molecule has 4 nitrogen and oxygen atoms in total. The molecule has 0 amide bonds. The minimum Gasteiger partial charge on any atom is -0.497 e. The minimum absolute atomic E-state index is 0.111. The Hall–Kier alpha value is -2.03. The molecule has 0 fully saturated rings. The molecular formula is C16H18N2O2S. The highest BCUT2D eigenvalue weighted by molar-refractivity contribution is 7.10. The molecule has 0 saturated carbocycles. The SMILES string of the molecule is CCC(N)C(Oc1cc(C#N)cc(OC)c1)c1cccs1. The van der Waals surface area contributed by atoms with Crippen LogP contribution in [-0.2, 0) is 0 Å². The average Bonchev–Trinajstić information content (AvgIpc) is 3.05. The fourth-order valence-electron chi connectivity index (χ4n) is 1.99. The molecule has 1 heterocycles. The Morgan fingerprint density at radius 3 is 2.67 bits per heavy atom. The van der Waals surface area contributed by atoms with Crippen LogP contribution in [0.1, 0.15) is 29.9 Å². The van der Waals surface area contributed by atoms with Gasteiger partial charge in [-0.05, 0) is 30.0 Å². The van der Waals surface area contributed by atoms with E-state index in [0.29, 0.717) is 17.1 Å². The van der Waals surface area contributed by atoms with Crippen molar-refractivity contribution in [3.63, 3.8) is 0 Å². The molecule has 2 atom stereocenters. The summed E-state index contributed by atoms with van der Waals surface area (Å²) in [6, 6.07) is 11.1. The van der Waals surface area contributed by atoms with Crippen molar-refractivity contribution >= 4 is 11.3 Å². The molecule has 1 aromatic carbocycles. The van der Waals surface area contributed by atoms with E-state index in [4.69, 9.17) is 20.5 Å². The Labute approximate surface area is 128 Å². The van der Waals surface area contributed by atoms with Crippen molar-refractivity contribution in [2.45, 2.75) is 25.5 Å². The molecular weight excluding hydrogens is 284 g/mol. The van der Waals surface area contributed by atoms with E-state index in [2.05, 4.69) is 6.07 Å². The lowest BCUT2D eigenvalue weighted by Crippen LogP contribution is -2.30. The topological polar surface area (TPSA) is 68.3 Å². The number of thiophene rings is 1. The molecule has 0 aliphatic carbocycles. The van der Waals surface area contributed by atoms with Gasteiger partial charge >= 0.3 is 0 Å². The van der Waals surface area contributed by atoms with Crippen molar-refractivity contribution in [1.82, 2.24) is 0 Å². The lowest BCUT2D eigenvalue weighted by Gasteiger charge is -2.23. The summed E-state index contributed by atoms with van der Waals surface area (Å²) in [5, 5.41) is 11.1. The lowest BCUT2D eigenvalue weighted by atomic mass is 10.1. The van der Waals surface area contributed by atoms with E-state index in [1.54, 1.807) is 36.6 Å². The van der Waals surface area contributed by atoms with Gasteiger partial charge in [-0.2, -0.15) is 5.26 Å². The maximum Gasteiger partial charge on any atom is 0.148 e. The van der Waals surface area contributed by atoms with Gasteiger partial charge in [-0.3, -0.25) is 0 Å². The number of rotatable bonds is 6. The van der Waals surface area contributed by atoms with Gasteiger partial charge in [0.25, 0.3) is 0 Å². The fourth-order valence-corrected chi connectivity index (χ4v) is 2.82. The second-order valence-electron chi connectivity index (χ2n) is 4.63. The zero-order valence-corrected chi connectivity index (χ0v) is 12.9. The first-order chi connectivity index (χ1) is 10.2. The van der Waals surface area contributed by atoms with Crippen molar-refractivity contribution in [2.75, 3.05) is 7.11 Å². The molecule has 5 heteroatoms. The van der Waals surface area contributed by atoms with Crippen LogP contribution in [0, 0.1) is 11.3 Å². The van der Waals surface area contributed by atoms with Crippen LogP contribution < -0.4 is 15.2 Å². The van der Waals surface area contributed by atoms with E-state index in [1.165, 1.54) is 0 Å². The molecule has 2 rings (SSSR count). The fraction of sp³-hybridized carbons (Fsp3) is 0.312. The minimum atomic E-state index is -0.228. The van der Waals surface area contributed by atoms with Crippen molar-refractivity contribution < 1.29 is 9.47 Å².